The van der Waals surface area contributed by atoms with Gasteiger partial charge in [0.1, 0.15) is 12.0 Å². The number of unbranched alkanes of at least 4 members (excludes halogenated alkanes) is 2. The van der Waals surface area contributed by atoms with Crippen LogP contribution in [0, 0.1) is 0 Å². The lowest BCUT2D eigenvalue weighted by molar-refractivity contribution is -0.119. The van der Waals surface area contributed by atoms with Crippen LogP contribution in [-0.2, 0) is 27.7 Å². The van der Waals surface area contributed by atoms with Gasteiger partial charge >= 0.3 is 15.3 Å². The van der Waals surface area contributed by atoms with E-state index >= 15 is 0 Å². The molecule has 16 heteroatoms. The number of nitrogens with one attached hydrogen (secondary N) is 2. The van der Waals surface area contributed by atoms with Crippen molar-refractivity contribution < 1.29 is 27.7 Å². The summed E-state index contributed by atoms with van der Waals surface area (Å²) >= 11 is 19.6. The SMILES string of the molecule is CC(C)=CCC/C(C)=C/CC/C(C)=C/CC/C=C(\C)CC/C=C(\C)CCCOC1CCOP(=O)(NCCCl)N1CCCl.CCCNP1(=O)OCCC(SCCCC(=O)CC/C(C)=C/CC/C(C)=C/CC/C=C(\C)CC/C=C(\C)CCC=C(C)C)N1CCCl. The number of rotatable bonds is 47. The molecule has 0 aromatic heterocycles. The lowest BCUT2D eigenvalue weighted by Gasteiger charge is -2.40. The minimum absolute atomic E-state index is 0.102. The number of hydrogen-bond acceptors (Lipinski definition) is 7. The lowest BCUT2D eigenvalue weighted by atomic mass is 10.0. The molecule has 0 aliphatic carbocycles. The van der Waals surface area contributed by atoms with E-state index in [1.165, 1.54) is 68.6 Å². The molecule has 0 amide bonds. The Morgan fingerprint density at radius 3 is 1.30 bits per heavy atom. The summed E-state index contributed by atoms with van der Waals surface area (Å²) in [5.74, 6) is 2.33. The average Bonchev–Trinajstić information content (AvgIpc) is 3.66. The van der Waals surface area contributed by atoms with Crippen LogP contribution in [0.15, 0.2) is 116 Å². The summed E-state index contributed by atoms with van der Waals surface area (Å²) in [5, 5.41) is 6.18. The molecule has 4 unspecified atom stereocenters. The molecule has 0 aromatic carbocycles. The van der Waals surface area contributed by atoms with Crippen molar-refractivity contribution in [3.05, 3.63) is 116 Å². The van der Waals surface area contributed by atoms with Crippen LogP contribution in [0.3, 0.4) is 0 Å². The van der Waals surface area contributed by atoms with E-state index in [9.17, 15) is 13.9 Å². The third-order valence-corrected chi connectivity index (χ3v) is 22.2. The Balaban J connectivity index is 0.000000884. The molecule has 88 heavy (non-hydrogen) atoms. The monoisotopic (exact) mass is 1340 g/mol. The van der Waals surface area contributed by atoms with E-state index < -0.39 is 15.3 Å². The van der Waals surface area contributed by atoms with E-state index in [2.05, 4.69) is 154 Å². The van der Waals surface area contributed by atoms with Gasteiger partial charge in [-0.25, -0.2) is 14.8 Å². The van der Waals surface area contributed by atoms with Gasteiger partial charge in [0.25, 0.3) is 0 Å². The third kappa shape index (κ3) is 42.6. The van der Waals surface area contributed by atoms with Crippen LogP contribution < -0.4 is 10.2 Å². The van der Waals surface area contributed by atoms with Gasteiger partial charge < -0.3 is 13.8 Å². The number of ether oxygens (including phenoxy) is 1. The maximum absolute atomic E-state index is 13.3. The summed E-state index contributed by atoms with van der Waals surface area (Å²) < 4.78 is 47.7. The fraction of sp³-hybridized carbons (Fsp3) is 0.708. The largest absolute Gasteiger partial charge is 0.363 e. The van der Waals surface area contributed by atoms with E-state index in [1.54, 1.807) is 16.4 Å². The maximum Gasteiger partial charge on any atom is 0.345 e. The van der Waals surface area contributed by atoms with Crippen molar-refractivity contribution in [1.82, 2.24) is 19.5 Å². The Kier molecular flexibility index (Phi) is 50.7. The second-order valence-electron chi connectivity index (χ2n) is 24.7. The van der Waals surface area contributed by atoms with Crippen molar-refractivity contribution >= 4 is 67.7 Å². The Hall–Kier alpha value is -1.53. The average molecular weight is 1340 g/mol. The van der Waals surface area contributed by atoms with Gasteiger partial charge in [-0.15, -0.1) is 46.6 Å². The van der Waals surface area contributed by atoms with Crippen LogP contribution in [0.4, 0.5) is 0 Å². The quantitative estimate of drug-likeness (QED) is 0.0263. The van der Waals surface area contributed by atoms with Crippen molar-refractivity contribution in [1.29, 1.82) is 0 Å². The summed E-state index contributed by atoms with van der Waals surface area (Å²) in [6.45, 7) is 32.1. The normalized spacial score (nSPS) is 20.7. The number of ketones is 1. The van der Waals surface area contributed by atoms with Crippen LogP contribution in [0.5, 0.6) is 0 Å². The van der Waals surface area contributed by atoms with E-state index in [1.807, 2.05) is 11.6 Å². The Morgan fingerprint density at radius 2 is 0.864 bits per heavy atom. The molecule has 0 bridgehead atoms. The number of carbonyl (C=O) groups is 1. The van der Waals surface area contributed by atoms with Gasteiger partial charge in [0.2, 0.25) is 0 Å². The number of hydrogen-bond donors (Lipinski definition) is 2. The highest BCUT2D eigenvalue weighted by atomic mass is 35.5. The minimum Gasteiger partial charge on any atom is -0.363 e. The van der Waals surface area contributed by atoms with Gasteiger partial charge in [-0.05, 0) is 230 Å². The molecule has 0 aromatic rings. The molecule has 4 atom stereocenters. The standard InChI is InChI=1S/C38H66ClN2O3PS.C34H59Cl2N2O3P/c1-8-28-40-45(43)41(29-27-39)38(26-30-44-45)46-31-14-23-37(42)25-24-36(7)22-13-20-34(5)17-10-9-16-33(4)19-12-21-35(6)18-11-15-32(2)3;1-29(2)13-9-16-32(5)19-10-17-30(3)14-7-8-15-31(4)18-11-20-33(6)21-12-27-40-34-22-28-41-42(39,37-25-23-35)38(34)26-24-36/h15-17,21-22,38H,8-14,18-20,23-31H2,1-7H3,(H,40,43);13-15,19-20,34H,7-12,16-18,21-28H2,1-6H3,(H,37,39)/b33-16+,34-17+,35-21+,36-22+;30-14+,31-15+,32-19+,33-20+. The van der Waals surface area contributed by atoms with Crippen molar-refractivity contribution in [2.45, 2.75) is 262 Å². The Morgan fingerprint density at radius 1 is 0.477 bits per heavy atom. The number of nitrogens with zero attached hydrogens (tertiary/aromatic N) is 2. The summed E-state index contributed by atoms with van der Waals surface area (Å²) in [4.78, 5) is 12.6. The van der Waals surface area contributed by atoms with Crippen LogP contribution in [0.1, 0.15) is 251 Å². The highest BCUT2D eigenvalue weighted by Gasteiger charge is 2.42. The van der Waals surface area contributed by atoms with Crippen molar-refractivity contribution in [3.63, 3.8) is 0 Å². The molecule has 10 nitrogen and oxygen atoms in total. The molecule has 0 saturated carbocycles. The zero-order chi connectivity index (χ0) is 65.4. The van der Waals surface area contributed by atoms with Gasteiger partial charge in [0.15, 0.2) is 0 Å². The number of allylic oxidation sites excluding steroid dienone is 20. The number of Topliss-reactive ketones (excluding diaryl/α,β-unsaturated/α-hetero) is 1. The Bertz CT molecular complexity index is 2350. The first-order valence-electron chi connectivity index (χ1n) is 33.6. The zero-order valence-corrected chi connectivity index (χ0v) is 62.5. The van der Waals surface area contributed by atoms with Crippen LogP contribution in [0.2, 0.25) is 0 Å². The summed E-state index contributed by atoms with van der Waals surface area (Å²) in [6.07, 6.45) is 48.7. The topological polar surface area (TPSA) is 109 Å². The number of halogens is 3. The molecule has 0 radical (unpaired) electrons. The second-order valence-corrected chi connectivity index (χ2v) is 31.4. The molecule has 0 spiro atoms. The van der Waals surface area contributed by atoms with Crippen LogP contribution >= 0.6 is 61.9 Å². The highest BCUT2D eigenvalue weighted by Crippen LogP contribution is 2.54. The van der Waals surface area contributed by atoms with E-state index in [0.717, 1.165) is 134 Å². The van der Waals surface area contributed by atoms with Crippen molar-refractivity contribution in [2.75, 3.05) is 69.4 Å². The predicted molar refractivity (Wildman–Crippen MR) is 390 cm³/mol. The molecule has 2 saturated heterocycles. The summed E-state index contributed by atoms with van der Waals surface area (Å²) in [5.41, 5.74) is 14.4. The smallest absolute Gasteiger partial charge is 0.345 e. The number of thioether (sulfide) groups is 1. The fourth-order valence-corrected chi connectivity index (χ4v) is 16.8. The molecule has 2 rings (SSSR count). The van der Waals surface area contributed by atoms with E-state index in [0.29, 0.717) is 88.7 Å². The first kappa shape index (κ1) is 84.5. The minimum atomic E-state index is -3.17. The van der Waals surface area contributed by atoms with Gasteiger partial charge in [-0.3, -0.25) is 13.9 Å². The molecule has 2 N–H and O–H groups in total. The fourth-order valence-electron chi connectivity index (χ4n) is 10.1. The molecule has 2 aliphatic rings. The first-order chi connectivity index (χ1) is 42.1. The molecule has 506 valence electrons. The summed E-state index contributed by atoms with van der Waals surface area (Å²) in [6, 6.07) is 0. The maximum atomic E-state index is 13.3. The molecule has 2 fully saturated rings. The number of carbonyl (C=O) groups excluding carboxylic acids is 1. The highest BCUT2D eigenvalue weighted by molar-refractivity contribution is 8.00. The lowest BCUT2D eigenvalue weighted by Crippen LogP contribution is -2.45. The summed E-state index contributed by atoms with van der Waals surface area (Å²) in [7, 11) is -6.21. The second kappa shape index (κ2) is 52.8. The first-order valence-corrected chi connectivity index (χ1v) is 39.4. The van der Waals surface area contributed by atoms with Crippen molar-refractivity contribution in [2.24, 2.45) is 0 Å². The Labute approximate surface area is 559 Å². The van der Waals surface area contributed by atoms with Crippen LogP contribution in [-0.4, -0.2) is 96.1 Å². The number of alkyl halides is 3. The molecule has 2 aliphatic heterocycles. The predicted octanol–water partition coefficient (Wildman–Crippen LogP) is 23.0. The third-order valence-electron chi connectivity index (χ3n) is 15.5. The van der Waals surface area contributed by atoms with Gasteiger partial charge in [0.05, 0.1) is 18.6 Å². The molecular weight excluding hydrogens is 1220 g/mol. The van der Waals surface area contributed by atoms with E-state index in [-0.39, 0.29) is 11.6 Å². The van der Waals surface area contributed by atoms with Gasteiger partial charge in [-0.2, -0.15) is 4.67 Å². The zero-order valence-electron chi connectivity index (χ0n) is 57.7. The van der Waals surface area contributed by atoms with Gasteiger partial charge in [-0.1, -0.05) is 123 Å². The van der Waals surface area contributed by atoms with Crippen LogP contribution in [0.25, 0.3) is 0 Å². The van der Waals surface area contributed by atoms with E-state index in [4.69, 9.17) is 48.6 Å². The van der Waals surface area contributed by atoms with Gasteiger partial charge in [0, 0.05) is 69.7 Å². The van der Waals surface area contributed by atoms with Crippen molar-refractivity contribution in [3.8, 4) is 0 Å². The molecule has 2 heterocycles. The molecular formula is C72H125Cl3N4O6P2S.